The van der Waals surface area contributed by atoms with Crippen molar-refractivity contribution in [1.82, 2.24) is 0 Å². The van der Waals surface area contributed by atoms with Crippen LogP contribution in [0.5, 0.6) is 0 Å². The van der Waals surface area contributed by atoms with Gasteiger partial charge in [0.1, 0.15) is 18.3 Å². The van der Waals surface area contributed by atoms with E-state index in [4.69, 9.17) is 23.7 Å². The van der Waals surface area contributed by atoms with Crippen molar-refractivity contribution in [3.8, 4) is 0 Å². The Morgan fingerprint density at radius 2 is 1.57 bits per heavy atom. The van der Waals surface area contributed by atoms with Crippen molar-refractivity contribution < 1.29 is 23.7 Å². The summed E-state index contributed by atoms with van der Waals surface area (Å²) >= 11 is 0. The molecule has 1 unspecified atom stereocenters. The second kappa shape index (κ2) is 5.63. The summed E-state index contributed by atoms with van der Waals surface area (Å²) in [5.41, 5.74) is 0. The normalized spacial score (nSPS) is 37.7. The van der Waals surface area contributed by atoms with Gasteiger partial charge in [0.05, 0.1) is 6.61 Å². The van der Waals surface area contributed by atoms with E-state index in [1.165, 1.54) is 0 Å². The van der Waals surface area contributed by atoms with E-state index < -0.39 is 0 Å². The van der Waals surface area contributed by atoms with Crippen LogP contribution in [0.2, 0.25) is 0 Å². The maximum absolute atomic E-state index is 5.56. The summed E-state index contributed by atoms with van der Waals surface area (Å²) in [6.45, 7) is 0.470. The lowest BCUT2D eigenvalue weighted by Gasteiger charge is -2.20. The van der Waals surface area contributed by atoms with Crippen molar-refractivity contribution in [1.29, 1.82) is 0 Å². The fraction of sp³-hybridized carbons (Fsp3) is 1.00. The molecule has 0 N–H and O–H groups in total. The first-order valence-corrected chi connectivity index (χ1v) is 4.51. The molecule has 1 fully saturated rings. The van der Waals surface area contributed by atoms with Gasteiger partial charge in [0.15, 0.2) is 6.29 Å². The van der Waals surface area contributed by atoms with Crippen molar-refractivity contribution in [3.05, 3.63) is 0 Å². The molecule has 4 atom stereocenters. The molecule has 0 aliphatic carbocycles. The van der Waals surface area contributed by atoms with Gasteiger partial charge in [-0.2, -0.15) is 0 Å². The van der Waals surface area contributed by atoms with Gasteiger partial charge in [-0.3, -0.25) is 0 Å². The lowest BCUT2D eigenvalue weighted by Crippen LogP contribution is -2.37. The van der Waals surface area contributed by atoms with Gasteiger partial charge in [-0.25, -0.2) is 0 Å². The molecule has 1 aliphatic heterocycles. The van der Waals surface area contributed by atoms with E-state index in [-0.39, 0.29) is 24.6 Å². The van der Waals surface area contributed by atoms with Crippen LogP contribution >= 0.6 is 0 Å². The molecule has 1 heterocycles. The van der Waals surface area contributed by atoms with Crippen LogP contribution < -0.4 is 0 Å². The standard InChI is InChI=1S/C9H18O5/c1-10-5-6-7(11-2)8(12-3)9(13-4)14-6/h6-9H,5H2,1-4H3/t6-,7-,8+,9?/m1/s1. The summed E-state index contributed by atoms with van der Waals surface area (Å²) in [5, 5.41) is 0. The Morgan fingerprint density at radius 1 is 0.929 bits per heavy atom. The minimum absolute atomic E-state index is 0.139. The van der Waals surface area contributed by atoms with Crippen molar-refractivity contribution in [2.45, 2.75) is 24.6 Å². The number of ether oxygens (including phenoxy) is 5. The van der Waals surface area contributed by atoms with Crippen LogP contribution in [-0.4, -0.2) is 59.6 Å². The monoisotopic (exact) mass is 206 g/mol. The first-order chi connectivity index (χ1) is 6.78. The molecular weight excluding hydrogens is 188 g/mol. The van der Waals surface area contributed by atoms with E-state index in [9.17, 15) is 0 Å². The van der Waals surface area contributed by atoms with Crippen LogP contribution in [-0.2, 0) is 23.7 Å². The fourth-order valence-corrected chi connectivity index (χ4v) is 1.71. The molecule has 0 amide bonds. The first-order valence-electron chi connectivity index (χ1n) is 4.51. The van der Waals surface area contributed by atoms with E-state index in [0.29, 0.717) is 6.61 Å². The molecule has 1 rings (SSSR count). The third-order valence-corrected chi connectivity index (χ3v) is 2.37. The van der Waals surface area contributed by atoms with Gasteiger partial charge in [0.2, 0.25) is 0 Å². The van der Waals surface area contributed by atoms with Gasteiger partial charge in [0, 0.05) is 28.4 Å². The zero-order valence-electron chi connectivity index (χ0n) is 9.06. The van der Waals surface area contributed by atoms with Gasteiger partial charge in [-0.15, -0.1) is 0 Å². The second-order valence-electron chi connectivity index (χ2n) is 3.13. The van der Waals surface area contributed by atoms with E-state index in [2.05, 4.69) is 0 Å². The molecule has 0 aromatic heterocycles. The third-order valence-electron chi connectivity index (χ3n) is 2.37. The van der Waals surface area contributed by atoms with Gasteiger partial charge in [0.25, 0.3) is 0 Å². The fourth-order valence-electron chi connectivity index (χ4n) is 1.71. The molecule has 0 aromatic carbocycles. The van der Waals surface area contributed by atoms with Gasteiger partial charge >= 0.3 is 0 Å². The third kappa shape index (κ3) is 2.24. The number of methoxy groups -OCH3 is 4. The predicted molar refractivity (Wildman–Crippen MR) is 49.1 cm³/mol. The SMILES string of the molecule is COC[C@H]1OC(OC)[C@@H](OC)[C@@H]1OC. The van der Waals surface area contributed by atoms with Crippen LogP contribution in [0.15, 0.2) is 0 Å². The molecule has 0 bridgehead atoms. The largest absolute Gasteiger partial charge is 0.382 e. The van der Waals surface area contributed by atoms with Crippen molar-refractivity contribution >= 4 is 0 Å². The average Bonchev–Trinajstić information content (AvgIpc) is 2.55. The van der Waals surface area contributed by atoms with Crippen molar-refractivity contribution in [2.24, 2.45) is 0 Å². The zero-order chi connectivity index (χ0) is 10.6. The Kier molecular flexibility index (Phi) is 4.77. The highest BCUT2D eigenvalue weighted by Crippen LogP contribution is 2.26. The van der Waals surface area contributed by atoms with Gasteiger partial charge in [-0.05, 0) is 0 Å². The highest BCUT2D eigenvalue weighted by atomic mass is 16.7. The molecule has 1 saturated heterocycles. The predicted octanol–water partition coefficient (Wildman–Crippen LogP) is 0.0341. The van der Waals surface area contributed by atoms with Crippen molar-refractivity contribution in [2.75, 3.05) is 35.0 Å². The maximum Gasteiger partial charge on any atom is 0.186 e. The lowest BCUT2D eigenvalue weighted by molar-refractivity contribution is -0.160. The first kappa shape index (κ1) is 11.9. The van der Waals surface area contributed by atoms with Gasteiger partial charge < -0.3 is 23.7 Å². The molecule has 5 heteroatoms. The minimum Gasteiger partial charge on any atom is -0.382 e. The Morgan fingerprint density at radius 3 is 2.00 bits per heavy atom. The zero-order valence-corrected chi connectivity index (χ0v) is 9.06. The average molecular weight is 206 g/mol. The van der Waals surface area contributed by atoms with E-state index in [1.807, 2.05) is 0 Å². The molecule has 14 heavy (non-hydrogen) atoms. The summed E-state index contributed by atoms with van der Waals surface area (Å²) in [5.74, 6) is 0. The number of hydrogen-bond acceptors (Lipinski definition) is 5. The maximum atomic E-state index is 5.56. The Bertz CT molecular complexity index is 163. The summed E-state index contributed by atoms with van der Waals surface area (Å²) in [7, 11) is 6.44. The summed E-state index contributed by atoms with van der Waals surface area (Å²) in [4.78, 5) is 0. The van der Waals surface area contributed by atoms with Crippen LogP contribution in [0.25, 0.3) is 0 Å². The second-order valence-corrected chi connectivity index (χ2v) is 3.13. The number of hydrogen-bond donors (Lipinski definition) is 0. The Labute approximate surface area is 84.2 Å². The Hall–Kier alpha value is -0.200. The summed E-state index contributed by atoms with van der Waals surface area (Å²) in [6, 6.07) is 0. The molecule has 84 valence electrons. The lowest BCUT2D eigenvalue weighted by atomic mass is 10.1. The minimum atomic E-state index is -0.384. The van der Waals surface area contributed by atoms with E-state index >= 15 is 0 Å². The molecular formula is C9H18O5. The number of rotatable bonds is 5. The quantitative estimate of drug-likeness (QED) is 0.635. The van der Waals surface area contributed by atoms with E-state index in [1.54, 1.807) is 28.4 Å². The van der Waals surface area contributed by atoms with Crippen LogP contribution in [0.3, 0.4) is 0 Å². The highest BCUT2D eigenvalue weighted by Gasteiger charge is 2.45. The topological polar surface area (TPSA) is 46.2 Å². The molecule has 5 nitrogen and oxygen atoms in total. The molecule has 0 aromatic rings. The molecule has 0 radical (unpaired) electrons. The smallest absolute Gasteiger partial charge is 0.186 e. The molecule has 0 saturated carbocycles. The van der Waals surface area contributed by atoms with Crippen LogP contribution in [0.4, 0.5) is 0 Å². The summed E-state index contributed by atoms with van der Waals surface area (Å²) in [6.07, 6.45) is -0.875. The van der Waals surface area contributed by atoms with Gasteiger partial charge in [-0.1, -0.05) is 0 Å². The summed E-state index contributed by atoms with van der Waals surface area (Å²) < 4.78 is 26.3. The molecule has 0 spiro atoms. The molecule has 1 aliphatic rings. The van der Waals surface area contributed by atoms with Crippen LogP contribution in [0.1, 0.15) is 0 Å². The van der Waals surface area contributed by atoms with Crippen molar-refractivity contribution in [3.63, 3.8) is 0 Å². The van der Waals surface area contributed by atoms with E-state index in [0.717, 1.165) is 0 Å². The Balaban J connectivity index is 2.62. The highest BCUT2D eigenvalue weighted by molar-refractivity contribution is 4.88. The van der Waals surface area contributed by atoms with Crippen LogP contribution in [0, 0.1) is 0 Å².